The number of nitrogens with zero attached hydrogens (tertiary/aromatic N) is 2. The van der Waals surface area contributed by atoms with Crippen LogP contribution in [0.1, 0.15) is 0 Å². The van der Waals surface area contributed by atoms with Crippen LogP contribution in [0.25, 0.3) is 0 Å². The molecule has 0 heterocycles. The number of amides is 2. The minimum Gasteiger partial charge on any atom is -0.325 e. The Morgan fingerprint density at radius 1 is 1.00 bits per heavy atom. The van der Waals surface area contributed by atoms with Gasteiger partial charge in [-0.3, -0.25) is 24.6 Å². The third-order valence-electron chi connectivity index (χ3n) is 3.38. The fraction of sp³-hybridized carbons (Fsp3) is 0.176. The largest absolute Gasteiger partial charge is 0.325 e. The standard InChI is InChI=1S/C17H16Cl2N4O4/c1-22(9-16(24)20-13-5-2-11(18)3-6-13)10-17(25)21-14-8-12(19)4-7-15(14)23(26)27/h2-8H,9-10H2,1H3,(H,20,24)(H,21,25). The van der Waals surface area contributed by atoms with Crippen molar-refractivity contribution < 1.29 is 14.5 Å². The second-order valence-electron chi connectivity index (χ2n) is 5.69. The molecular formula is C17H16Cl2N4O4. The van der Waals surface area contributed by atoms with E-state index in [-0.39, 0.29) is 35.4 Å². The Morgan fingerprint density at radius 2 is 1.56 bits per heavy atom. The molecule has 0 radical (unpaired) electrons. The lowest BCUT2D eigenvalue weighted by atomic mass is 10.2. The number of likely N-dealkylation sites (N-methyl/N-ethyl adjacent to an activating group) is 1. The van der Waals surface area contributed by atoms with Crippen molar-refractivity contribution >= 4 is 52.1 Å². The first kappa shape index (κ1) is 20.6. The molecule has 2 amide bonds. The lowest BCUT2D eigenvalue weighted by molar-refractivity contribution is -0.383. The van der Waals surface area contributed by atoms with Crippen molar-refractivity contribution in [3.63, 3.8) is 0 Å². The second-order valence-corrected chi connectivity index (χ2v) is 6.57. The lowest BCUT2D eigenvalue weighted by Gasteiger charge is -2.16. The van der Waals surface area contributed by atoms with Gasteiger partial charge in [0.1, 0.15) is 5.69 Å². The van der Waals surface area contributed by atoms with Gasteiger partial charge in [0.05, 0.1) is 18.0 Å². The van der Waals surface area contributed by atoms with Crippen molar-refractivity contribution in [3.8, 4) is 0 Å². The number of hydrogen-bond donors (Lipinski definition) is 2. The van der Waals surface area contributed by atoms with Crippen LogP contribution in [-0.2, 0) is 9.59 Å². The van der Waals surface area contributed by atoms with Crippen LogP contribution >= 0.6 is 23.2 Å². The van der Waals surface area contributed by atoms with Crippen LogP contribution in [0.3, 0.4) is 0 Å². The van der Waals surface area contributed by atoms with Crippen LogP contribution in [0.2, 0.25) is 10.0 Å². The van der Waals surface area contributed by atoms with E-state index in [1.165, 1.54) is 23.1 Å². The SMILES string of the molecule is CN(CC(=O)Nc1ccc(Cl)cc1)CC(=O)Nc1cc(Cl)ccc1[N+](=O)[O-]. The average molecular weight is 411 g/mol. The molecule has 2 N–H and O–H groups in total. The number of hydrogen-bond acceptors (Lipinski definition) is 5. The zero-order chi connectivity index (χ0) is 20.0. The smallest absolute Gasteiger partial charge is 0.292 e. The molecule has 10 heteroatoms. The molecule has 0 saturated carbocycles. The Morgan fingerprint density at radius 3 is 2.15 bits per heavy atom. The van der Waals surface area contributed by atoms with Gasteiger partial charge in [-0.15, -0.1) is 0 Å². The van der Waals surface area contributed by atoms with Crippen LogP contribution in [0.4, 0.5) is 17.1 Å². The van der Waals surface area contributed by atoms with E-state index in [4.69, 9.17) is 23.2 Å². The summed E-state index contributed by atoms with van der Waals surface area (Å²) < 4.78 is 0. The van der Waals surface area contributed by atoms with E-state index in [2.05, 4.69) is 10.6 Å². The summed E-state index contributed by atoms with van der Waals surface area (Å²) >= 11 is 11.6. The maximum atomic E-state index is 12.1. The molecule has 0 aliphatic heterocycles. The molecule has 2 rings (SSSR count). The number of carbonyl (C=O) groups excluding carboxylic acids is 2. The highest BCUT2D eigenvalue weighted by molar-refractivity contribution is 6.31. The first-order valence-electron chi connectivity index (χ1n) is 7.72. The summed E-state index contributed by atoms with van der Waals surface area (Å²) in [5.74, 6) is -0.830. The third kappa shape index (κ3) is 6.52. The van der Waals surface area contributed by atoms with E-state index in [9.17, 15) is 19.7 Å². The van der Waals surface area contributed by atoms with Gasteiger partial charge in [-0.25, -0.2) is 0 Å². The highest BCUT2D eigenvalue weighted by Gasteiger charge is 2.17. The highest BCUT2D eigenvalue weighted by atomic mass is 35.5. The fourth-order valence-corrected chi connectivity index (χ4v) is 2.54. The van der Waals surface area contributed by atoms with Gasteiger partial charge in [0, 0.05) is 21.8 Å². The zero-order valence-electron chi connectivity index (χ0n) is 14.2. The quantitative estimate of drug-likeness (QED) is 0.537. The molecule has 0 aliphatic carbocycles. The van der Waals surface area contributed by atoms with Crippen molar-refractivity contribution in [3.05, 3.63) is 62.6 Å². The summed E-state index contributed by atoms with van der Waals surface area (Å²) in [6, 6.07) is 10.5. The minimum atomic E-state index is -0.616. The summed E-state index contributed by atoms with van der Waals surface area (Å²) in [4.78, 5) is 36.0. The molecule has 2 aromatic carbocycles. The van der Waals surface area contributed by atoms with Crippen molar-refractivity contribution in [2.45, 2.75) is 0 Å². The van der Waals surface area contributed by atoms with Gasteiger partial charge in [-0.1, -0.05) is 23.2 Å². The number of nitrogens with one attached hydrogen (secondary N) is 2. The molecule has 0 fully saturated rings. The summed E-state index contributed by atoms with van der Waals surface area (Å²) in [5.41, 5.74) is 0.309. The van der Waals surface area contributed by atoms with E-state index < -0.39 is 10.8 Å². The average Bonchev–Trinajstić information content (AvgIpc) is 2.56. The van der Waals surface area contributed by atoms with Gasteiger partial charge in [0.25, 0.3) is 5.69 Å². The van der Waals surface area contributed by atoms with Gasteiger partial charge in [-0.2, -0.15) is 0 Å². The normalized spacial score (nSPS) is 10.5. The van der Waals surface area contributed by atoms with Crippen molar-refractivity contribution in [1.29, 1.82) is 0 Å². The topological polar surface area (TPSA) is 105 Å². The Labute approximate surface area is 165 Å². The molecule has 142 valence electrons. The molecule has 0 saturated heterocycles. The molecular weight excluding hydrogens is 395 g/mol. The number of halogens is 2. The van der Waals surface area contributed by atoms with Crippen LogP contribution in [0, 0.1) is 10.1 Å². The number of anilines is 2. The molecule has 0 aliphatic rings. The van der Waals surface area contributed by atoms with Gasteiger partial charge >= 0.3 is 0 Å². The Hall–Kier alpha value is -2.68. The van der Waals surface area contributed by atoms with Gasteiger partial charge in [0.2, 0.25) is 11.8 Å². The highest BCUT2D eigenvalue weighted by Crippen LogP contribution is 2.27. The summed E-state index contributed by atoms with van der Waals surface area (Å²) in [5, 5.41) is 16.9. The third-order valence-corrected chi connectivity index (χ3v) is 3.87. The maximum Gasteiger partial charge on any atom is 0.292 e. The van der Waals surface area contributed by atoms with Crippen molar-refractivity contribution in [1.82, 2.24) is 4.90 Å². The number of nitro benzene ring substituents is 1. The monoisotopic (exact) mass is 410 g/mol. The predicted octanol–water partition coefficient (Wildman–Crippen LogP) is 3.41. The maximum absolute atomic E-state index is 12.1. The predicted molar refractivity (Wildman–Crippen MR) is 104 cm³/mol. The number of rotatable bonds is 7. The van der Waals surface area contributed by atoms with E-state index in [1.54, 1.807) is 31.3 Å². The molecule has 27 heavy (non-hydrogen) atoms. The Kier molecular flexibility index (Phi) is 7.12. The molecule has 8 nitrogen and oxygen atoms in total. The first-order valence-corrected chi connectivity index (χ1v) is 8.48. The van der Waals surface area contributed by atoms with E-state index in [1.807, 2.05) is 0 Å². The van der Waals surface area contributed by atoms with Crippen molar-refractivity contribution in [2.24, 2.45) is 0 Å². The molecule has 0 aromatic heterocycles. The lowest BCUT2D eigenvalue weighted by Crippen LogP contribution is -2.36. The molecule has 0 bridgehead atoms. The first-order chi connectivity index (χ1) is 12.7. The van der Waals surface area contributed by atoms with Gasteiger partial charge in [0.15, 0.2) is 0 Å². The number of nitro groups is 1. The van der Waals surface area contributed by atoms with E-state index >= 15 is 0 Å². The Balaban J connectivity index is 1.90. The molecule has 2 aromatic rings. The van der Waals surface area contributed by atoms with E-state index in [0.29, 0.717) is 10.7 Å². The number of benzene rings is 2. The van der Waals surface area contributed by atoms with Crippen LogP contribution < -0.4 is 10.6 Å². The van der Waals surface area contributed by atoms with Gasteiger partial charge < -0.3 is 10.6 Å². The van der Waals surface area contributed by atoms with Gasteiger partial charge in [-0.05, 0) is 43.4 Å². The van der Waals surface area contributed by atoms with Crippen LogP contribution in [0.5, 0.6) is 0 Å². The van der Waals surface area contributed by atoms with Crippen molar-refractivity contribution in [2.75, 3.05) is 30.8 Å². The second kappa shape index (κ2) is 9.31. The fourth-order valence-electron chi connectivity index (χ4n) is 2.24. The van der Waals surface area contributed by atoms with Crippen LogP contribution in [-0.4, -0.2) is 41.8 Å². The summed E-state index contributed by atoms with van der Waals surface area (Å²) in [6.07, 6.45) is 0. The summed E-state index contributed by atoms with van der Waals surface area (Å²) in [7, 11) is 1.58. The molecule has 0 unspecified atom stereocenters. The molecule has 0 spiro atoms. The zero-order valence-corrected chi connectivity index (χ0v) is 15.8. The minimum absolute atomic E-state index is 0.00323. The van der Waals surface area contributed by atoms with Crippen LogP contribution in [0.15, 0.2) is 42.5 Å². The number of carbonyl (C=O) groups is 2. The molecule has 0 atom stereocenters. The Bertz CT molecular complexity index is 859. The van der Waals surface area contributed by atoms with E-state index in [0.717, 1.165) is 0 Å². The summed E-state index contributed by atoms with van der Waals surface area (Å²) in [6.45, 7) is -0.189.